The molecule has 1 unspecified atom stereocenters. The number of carbonyl (C=O) groups excluding carboxylic acids is 1. The van der Waals surface area contributed by atoms with Gasteiger partial charge in [-0.15, -0.1) is 0 Å². The van der Waals surface area contributed by atoms with E-state index in [4.69, 9.17) is 4.74 Å². The third-order valence-corrected chi connectivity index (χ3v) is 4.54. The minimum atomic E-state index is -2.99. The molecule has 7 nitrogen and oxygen atoms in total. The fraction of sp³-hybridized carbons (Fsp3) is 0.455. The summed E-state index contributed by atoms with van der Waals surface area (Å²) >= 11 is 0. The summed E-state index contributed by atoms with van der Waals surface area (Å²) in [6.45, 7) is 0. The first-order valence-corrected chi connectivity index (χ1v) is 7.58. The van der Waals surface area contributed by atoms with Gasteiger partial charge in [-0.2, -0.15) is 0 Å². The summed E-state index contributed by atoms with van der Waals surface area (Å²) in [5, 5.41) is 5.21. The van der Waals surface area contributed by atoms with Crippen LogP contribution in [0.3, 0.4) is 0 Å². The summed E-state index contributed by atoms with van der Waals surface area (Å²) in [7, 11) is -1.49. The molecule has 2 N–H and O–H groups in total. The van der Waals surface area contributed by atoms with Gasteiger partial charge in [-0.05, 0) is 12.5 Å². The highest BCUT2D eigenvalue weighted by molar-refractivity contribution is 7.91. The number of sulfone groups is 1. The van der Waals surface area contributed by atoms with Crippen LogP contribution in [0.25, 0.3) is 0 Å². The van der Waals surface area contributed by atoms with E-state index in [9.17, 15) is 13.2 Å². The highest BCUT2D eigenvalue weighted by Gasteiger charge is 2.28. The first kappa shape index (κ1) is 13.6. The summed E-state index contributed by atoms with van der Waals surface area (Å²) in [4.78, 5) is 15.6. The summed E-state index contributed by atoms with van der Waals surface area (Å²) in [6, 6.07) is 2.51. The van der Waals surface area contributed by atoms with Gasteiger partial charge < -0.3 is 15.4 Å². The van der Waals surface area contributed by atoms with E-state index < -0.39 is 15.9 Å². The number of carbonyl (C=O) groups is 1. The number of pyridine rings is 1. The van der Waals surface area contributed by atoms with Crippen molar-refractivity contribution in [3.05, 3.63) is 18.3 Å². The smallest absolute Gasteiger partial charge is 0.319 e. The summed E-state index contributed by atoms with van der Waals surface area (Å²) in [5.41, 5.74) is 0.513. The van der Waals surface area contributed by atoms with Gasteiger partial charge in [-0.25, -0.2) is 18.2 Å². The maximum absolute atomic E-state index is 11.7. The second kappa shape index (κ2) is 5.43. The molecule has 2 heterocycles. The van der Waals surface area contributed by atoms with Gasteiger partial charge in [0.2, 0.25) is 5.88 Å². The van der Waals surface area contributed by atoms with Gasteiger partial charge in [0.05, 0.1) is 30.5 Å². The topological polar surface area (TPSA) is 97.4 Å². The van der Waals surface area contributed by atoms with E-state index in [0.717, 1.165) is 0 Å². The number of urea groups is 1. The Morgan fingerprint density at radius 2 is 2.26 bits per heavy atom. The molecular weight excluding hydrogens is 270 g/mol. The van der Waals surface area contributed by atoms with Crippen molar-refractivity contribution >= 4 is 21.6 Å². The van der Waals surface area contributed by atoms with Crippen molar-refractivity contribution < 1.29 is 17.9 Å². The molecule has 2 rings (SSSR count). The van der Waals surface area contributed by atoms with Crippen molar-refractivity contribution in [2.75, 3.05) is 23.9 Å². The van der Waals surface area contributed by atoms with E-state index >= 15 is 0 Å². The molecule has 2 amide bonds. The summed E-state index contributed by atoms with van der Waals surface area (Å²) in [6.07, 6.45) is 1.92. The fourth-order valence-electron chi connectivity index (χ4n) is 1.84. The zero-order chi connectivity index (χ0) is 13.9. The Morgan fingerprint density at radius 1 is 1.47 bits per heavy atom. The summed E-state index contributed by atoms with van der Waals surface area (Å²) in [5.74, 6) is 0.580. The lowest BCUT2D eigenvalue weighted by atomic mass is 10.3. The molecule has 0 aromatic carbocycles. The molecule has 1 aromatic rings. The monoisotopic (exact) mass is 285 g/mol. The van der Waals surface area contributed by atoms with Crippen molar-refractivity contribution in [3.63, 3.8) is 0 Å². The minimum Gasteiger partial charge on any atom is -0.481 e. The lowest BCUT2D eigenvalue weighted by Crippen LogP contribution is -2.38. The second-order valence-corrected chi connectivity index (χ2v) is 6.52. The highest BCUT2D eigenvalue weighted by Crippen LogP contribution is 2.13. The van der Waals surface area contributed by atoms with E-state index in [1.165, 1.54) is 13.3 Å². The molecule has 0 aliphatic carbocycles. The Morgan fingerprint density at radius 3 is 2.79 bits per heavy atom. The first-order chi connectivity index (χ1) is 8.98. The van der Waals surface area contributed by atoms with Gasteiger partial charge in [0, 0.05) is 12.1 Å². The quantitative estimate of drug-likeness (QED) is 0.837. The molecule has 1 atom stereocenters. The molecule has 1 aromatic heterocycles. The van der Waals surface area contributed by atoms with Gasteiger partial charge in [-0.3, -0.25) is 0 Å². The third-order valence-electron chi connectivity index (χ3n) is 2.77. The van der Waals surface area contributed by atoms with Crippen molar-refractivity contribution in [1.82, 2.24) is 10.3 Å². The number of nitrogens with zero attached hydrogens (tertiary/aromatic N) is 1. The van der Waals surface area contributed by atoms with Gasteiger partial charge in [-0.1, -0.05) is 0 Å². The fourth-order valence-corrected chi connectivity index (χ4v) is 3.51. The second-order valence-electron chi connectivity index (χ2n) is 4.29. The normalized spacial score (nSPS) is 20.8. The van der Waals surface area contributed by atoms with Gasteiger partial charge in [0.15, 0.2) is 9.84 Å². The van der Waals surface area contributed by atoms with Gasteiger partial charge >= 0.3 is 6.03 Å². The number of hydrogen-bond acceptors (Lipinski definition) is 5. The number of hydrogen-bond donors (Lipinski definition) is 2. The van der Waals surface area contributed by atoms with Crippen LogP contribution in [0.15, 0.2) is 18.3 Å². The maximum Gasteiger partial charge on any atom is 0.319 e. The predicted molar refractivity (Wildman–Crippen MR) is 70.0 cm³/mol. The highest BCUT2D eigenvalue weighted by atomic mass is 32.2. The largest absolute Gasteiger partial charge is 0.481 e. The van der Waals surface area contributed by atoms with Crippen molar-refractivity contribution in [2.45, 2.75) is 12.5 Å². The van der Waals surface area contributed by atoms with Crippen LogP contribution in [0.4, 0.5) is 10.5 Å². The van der Waals surface area contributed by atoms with Crippen LogP contribution in [0.5, 0.6) is 5.88 Å². The minimum absolute atomic E-state index is 0.00127. The Labute approximate surface area is 111 Å². The molecule has 0 bridgehead atoms. The van der Waals surface area contributed by atoms with Crippen LogP contribution in [0.2, 0.25) is 0 Å². The van der Waals surface area contributed by atoms with Crippen molar-refractivity contribution in [2.24, 2.45) is 0 Å². The lowest BCUT2D eigenvalue weighted by Gasteiger charge is -2.11. The molecule has 104 valence electrons. The van der Waals surface area contributed by atoms with Gasteiger partial charge in [0.25, 0.3) is 0 Å². The zero-order valence-corrected chi connectivity index (χ0v) is 11.2. The van der Waals surface area contributed by atoms with Gasteiger partial charge in [0.1, 0.15) is 0 Å². The maximum atomic E-state index is 11.7. The molecule has 19 heavy (non-hydrogen) atoms. The number of nitrogens with one attached hydrogen (secondary N) is 2. The lowest BCUT2D eigenvalue weighted by molar-refractivity contribution is 0.249. The molecule has 1 fully saturated rings. The molecular formula is C11H15N3O4S. The molecule has 8 heteroatoms. The Kier molecular flexibility index (Phi) is 3.89. The molecule has 1 aliphatic rings. The van der Waals surface area contributed by atoms with Crippen LogP contribution in [0.1, 0.15) is 6.42 Å². The van der Waals surface area contributed by atoms with E-state index in [2.05, 4.69) is 15.6 Å². The number of ether oxygens (including phenoxy) is 1. The van der Waals surface area contributed by atoms with E-state index in [0.29, 0.717) is 18.0 Å². The molecule has 1 aliphatic heterocycles. The van der Waals surface area contributed by atoms with Crippen LogP contribution < -0.4 is 15.4 Å². The number of rotatable bonds is 3. The average Bonchev–Trinajstić information content (AvgIpc) is 2.69. The predicted octanol–water partition coefficient (Wildman–Crippen LogP) is 0.399. The third kappa shape index (κ3) is 3.82. The van der Waals surface area contributed by atoms with Crippen LogP contribution >= 0.6 is 0 Å². The van der Waals surface area contributed by atoms with E-state index in [-0.39, 0.29) is 17.5 Å². The summed E-state index contributed by atoms with van der Waals surface area (Å²) < 4.78 is 27.4. The van der Waals surface area contributed by atoms with Crippen molar-refractivity contribution in [3.8, 4) is 5.88 Å². The first-order valence-electron chi connectivity index (χ1n) is 5.76. The number of amides is 2. The standard InChI is InChI=1S/C11H15N3O4S/c1-18-10-3-2-8(6-12-10)13-11(15)14-9-4-5-19(16,17)7-9/h2-3,6,9H,4-5,7H2,1H3,(H2,13,14,15). The van der Waals surface area contributed by atoms with Crippen LogP contribution in [-0.2, 0) is 9.84 Å². The molecule has 0 saturated carbocycles. The average molecular weight is 285 g/mol. The Bertz CT molecular complexity index is 556. The number of anilines is 1. The van der Waals surface area contributed by atoms with E-state index in [1.807, 2.05) is 0 Å². The molecule has 0 radical (unpaired) electrons. The Balaban J connectivity index is 1.87. The van der Waals surface area contributed by atoms with Crippen LogP contribution in [-0.4, -0.2) is 44.1 Å². The SMILES string of the molecule is COc1ccc(NC(=O)NC2CCS(=O)(=O)C2)cn1. The van der Waals surface area contributed by atoms with E-state index in [1.54, 1.807) is 12.1 Å². The molecule has 0 spiro atoms. The number of aromatic nitrogens is 1. The Hall–Kier alpha value is -1.83. The van der Waals surface area contributed by atoms with Crippen molar-refractivity contribution in [1.29, 1.82) is 0 Å². The zero-order valence-electron chi connectivity index (χ0n) is 10.4. The number of methoxy groups -OCH3 is 1. The molecule has 1 saturated heterocycles. The van der Waals surface area contributed by atoms with Crippen LogP contribution in [0, 0.1) is 0 Å².